The van der Waals surface area contributed by atoms with Crippen LogP contribution < -0.4 is 0 Å². The van der Waals surface area contributed by atoms with Crippen molar-refractivity contribution in [3.05, 3.63) is 168 Å². The average Bonchev–Trinajstić information content (AvgIpc) is 3.62. The van der Waals surface area contributed by atoms with Crippen LogP contribution in [0.1, 0.15) is 23.6 Å². The van der Waals surface area contributed by atoms with Gasteiger partial charge in [0.1, 0.15) is 11.2 Å². The minimum Gasteiger partial charge on any atom is -0.455 e. The predicted octanol–water partition coefficient (Wildman–Crippen LogP) is 10.7. The Morgan fingerprint density at radius 3 is 2.02 bits per heavy atom. The van der Waals surface area contributed by atoms with Gasteiger partial charge in [-0.05, 0) is 59.0 Å². The molecule has 0 radical (unpaired) electrons. The third kappa shape index (κ3) is 3.91. The minimum atomic E-state index is -0.290. The summed E-state index contributed by atoms with van der Waals surface area (Å²) in [6.45, 7) is 2.35. The maximum atomic E-state index is 6.44. The first-order valence-corrected chi connectivity index (χ1v) is 15.3. The summed E-state index contributed by atoms with van der Waals surface area (Å²) in [6.07, 6.45) is 0. The SMILES string of the molecule is CC1(c2ccccc2)c2ccccc2-c2ccc(-c3cc(-c4cccc5c4oc4ccccc45)nc(-c4ccccc4)n3)cc21. The first-order chi connectivity index (χ1) is 22.2. The van der Waals surface area contributed by atoms with Gasteiger partial charge in [-0.25, -0.2) is 9.97 Å². The summed E-state index contributed by atoms with van der Waals surface area (Å²) in [5.41, 5.74) is 12.5. The van der Waals surface area contributed by atoms with Gasteiger partial charge in [0.05, 0.1) is 11.4 Å². The highest BCUT2D eigenvalue weighted by Gasteiger charge is 2.40. The van der Waals surface area contributed by atoms with Crippen LogP contribution >= 0.6 is 0 Å². The van der Waals surface area contributed by atoms with Crippen molar-refractivity contribution in [3.8, 4) is 45.0 Å². The van der Waals surface area contributed by atoms with Gasteiger partial charge >= 0.3 is 0 Å². The van der Waals surface area contributed by atoms with E-state index in [0.29, 0.717) is 5.82 Å². The molecular formula is C42H28N2O. The molecular weight excluding hydrogens is 548 g/mol. The van der Waals surface area contributed by atoms with E-state index in [0.717, 1.165) is 50.0 Å². The number of aromatic nitrogens is 2. The van der Waals surface area contributed by atoms with E-state index in [9.17, 15) is 0 Å². The second-order valence-corrected chi connectivity index (χ2v) is 11.9. The zero-order chi connectivity index (χ0) is 30.0. The highest BCUT2D eigenvalue weighted by Crippen LogP contribution is 2.53. The first-order valence-electron chi connectivity index (χ1n) is 15.3. The Bertz CT molecular complexity index is 2390. The highest BCUT2D eigenvalue weighted by molar-refractivity contribution is 6.09. The minimum absolute atomic E-state index is 0.290. The Morgan fingerprint density at radius 2 is 1.16 bits per heavy atom. The van der Waals surface area contributed by atoms with Crippen molar-refractivity contribution in [2.45, 2.75) is 12.3 Å². The average molecular weight is 577 g/mol. The molecule has 0 bridgehead atoms. The quantitative estimate of drug-likeness (QED) is 0.209. The summed E-state index contributed by atoms with van der Waals surface area (Å²) >= 11 is 0. The smallest absolute Gasteiger partial charge is 0.160 e. The normalized spacial score (nSPS) is 15.3. The predicted molar refractivity (Wildman–Crippen MR) is 183 cm³/mol. The van der Waals surface area contributed by atoms with E-state index in [1.165, 1.54) is 27.8 Å². The summed E-state index contributed by atoms with van der Waals surface area (Å²) in [6, 6.07) is 53.2. The van der Waals surface area contributed by atoms with Crippen molar-refractivity contribution < 1.29 is 4.42 Å². The van der Waals surface area contributed by atoms with Gasteiger partial charge in [0, 0.05) is 32.9 Å². The molecule has 0 fully saturated rings. The van der Waals surface area contributed by atoms with Crippen LogP contribution in [0.3, 0.4) is 0 Å². The number of fused-ring (bicyclic) bond motifs is 6. The molecule has 3 heteroatoms. The fourth-order valence-electron chi connectivity index (χ4n) is 7.13. The van der Waals surface area contributed by atoms with Crippen LogP contribution in [-0.4, -0.2) is 9.97 Å². The number of hydrogen-bond donors (Lipinski definition) is 0. The number of para-hydroxylation sites is 2. The number of benzene rings is 6. The number of nitrogens with zero attached hydrogens (tertiary/aromatic N) is 2. The molecule has 0 N–H and O–H groups in total. The first kappa shape index (κ1) is 25.7. The second kappa shape index (κ2) is 9.87. The standard InChI is InChI=1S/C42H28N2O/c1-42(29-15-6-3-7-16-29)35-21-10-8-17-30(35)31-24-23-28(25-36(31)42)37-26-38(44-41(43-37)27-13-4-2-5-14-27)34-20-12-19-33-32-18-9-11-22-39(32)45-40(33)34/h2-26H,1H3. The molecule has 3 nitrogen and oxygen atoms in total. The van der Waals surface area contributed by atoms with Gasteiger partial charge in [0.15, 0.2) is 5.82 Å². The van der Waals surface area contributed by atoms with E-state index >= 15 is 0 Å². The Hall–Kier alpha value is -5.80. The van der Waals surface area contributed by atoms with Crippen LogP contribution in [0.25, 0.3) is 67.0 Å². The van der Waals surface area contributed by atoms with Crippen molar-refractivity contribution in [1.29, 1.82) is 0 Å². The van der Waals surface area contributed by atoms with Crippen molar-refractivity contribution in [1.82, 2.24) is 9.97 Å². The molecule has 9 rings (SSSR count). The molecule has 0 amide bonds. The van der Waals surface area contributed by atoms with Gasteiger partial charge in [-0.1, -0.05) is 127 Å². The molecule has 1 unspecified atom stereocenters. The van der Waals surface area contributed by atoms with E-state index in [-0.39, 0.29) is 5.41 Å². The lowest BCUT2D eigenvalue weighted by atomic mass is 9.74. The van der Waals surface area contributed by atoms with Crippen molar-refractivity contribution >= 4 is 21.9 Å². The van der Waals surface area contributed by atoms with Crippen LogP contribution in [0.15, 0.2) is 156 Å². The Kier molecular flexibility index (Phi) is 5.63. The van der Waals surface area contributed by atoms with E-state index in [1.807, 2.05) is 30.3 Å². The largest absolute Gasteiger partial charge is 0.455 e. The van der Waals surface area contributed by atoms with Crippen molar-refractivity contribution in [2.24, 2.45) is 0 Å². The fraction of sp³-hybridized carbons (Fsp3) is 0.0476. The molecule has 8 aromatic rings. The fourth-order valence-corrected chi connectivity index (χ4v) is 7.13. The van der Waals surface area contributed by atoms with E-state index in [4.69, 9.17) is 14.4 Å². The van der Waals surface area contributed by atoms with Gasteiger partial charge in [-0.15, -0.1) is 0 Å². The van der Waals surface area contributed by atoms with Crippen LogP contribution in [-0.2, 0) is 5.41 Å². The maximum absolute atomic E-state index is 6.44. The molecule has 6 aromatic carbocycles. The summed E-state index contributed by atoms with van der Waals surface area (Å²) in [4.78, 5) is 10.3. The molecule has 2 aromatic heterocycles. The van der Waals surface area contributed by atoms with Gasteiger partial charge < -0.3 is 4.42 Å². The molecule has 0 saturated heterocycles. The molecule has 0 spiro atoms. The maximum Gasteiger partial charge on any atom is 0.160 e. The summed E-state index contributed by atoms with van der Waals surface area (Å²) in [5, 5.41) is 2.18. The number of furan rings is 1. The Balaban J connectivity index is 1.28. The van der Waals surface area contributed by atoms with Gasteiger partial charge in [0.25, 0.3) is 0 Å². The molecule has 0 aliphatic heterocycles. The van der Waals surface area contributed by atoms with Gasteiger partial charge in [-0.2, -0.15) is 0 Å². The van der Waals surface area contributed by atoms with E-state index < -0.39 is 0 Å². The zero-order valence-corrected chi connectivity index (χ0v) is 24.7. The van der Waals surface area contributed by atoms with Gasteiger partial charge in [-0.3, -0.25) is 0 Å². The Morgan fingerprint density at radius 1 is 0.489 bits per heavy atom. The molecule has 1 aliphatic carbocycles. The van der Waals surface area contributed by atoms with E-state index in [2.05, 4.69) is 128 Å². The van der Waals surface area contributed by atoms with Crippen molar-refractivity contribution in [3.63, 3.8) is 0 Å². The molecule has 2 heterocycles. The van der Waals surface area contributed by atoms with E-state index in [1.54, 1.807) is 0 Å². The number of hydrogen-bond acceptors (Lipinski definition) is 3. The van der Waals surface area contributed by atoms with Crippen LogP contribution in [0.5, 0.6) is 0 Å². The topological polar surface area (TPSA) is 38.9 Å². The third-order valence-electron chi connectivity index (χ3n) is 9.40. The summed E-state index contributed by atoms with van der Waals surface area (Å²) < 4.78 is 6.44. The summed E-state index contributed by atoms with van der Waals surface area (Å²) in [5.74, 6) is 0.686. The molecule has 212 valence electrons. The Labute approximate surface area is 261 Å². The summed E-state index contributed by atoms with van der Waals surface area (Å²) in [7, 11) is 0. The molecule has 1 aliphatic rings. The number of rotatable bonds is 4. The molecule has 1 atom stereocenters. The lowest BCUT2D eigenvalue weighted by molar-refractivity contribution is 0.670. The second-order valence-electron chi connectivity index (χ2n) is 11.9. The third-order valence-corrected chi connectivity index (χ3v) is 9.40. The van der Waals surface area contributed by atoms with Crippen LogP contribution in [0, 0.1) is 0 Å². The van der Waals surface area contributed by atoms with Crippen LogP contribution in [0.2, 0.25) is 0 Å². The van der Waals surface area contributed by atoms with Gasteiger partial charge in [0.2, 0.25) is 0 Å². The lowest BCUT2D eigenvalue weighted by Gasteiger charge is -2.28. The highest BCUT2D eigenvalue weighted by atomic mass is 16.3. The zero-order valence-electron chi connectivity index (χ0n) is 24.7. The molecule has 45 heavy (non-hydrogen) atoms. The molecule has 0 saturated carbocycles. The van der Waals surface area contributed by atoms with Crippen LogP contribution in [0.4, 0.5) is 0 Å². The monoisotopic (exact) mass is 576 g/mol. The van der Waals surface area contributed by atoms with Crippen molar-refractivity contribution in [2.75, 3.05) is 0 Å². The lowest BCUT2D eigenvalue weighted by Crippen LogP contribution is -2.22.